The topological polar surface area (TPSA) is 91.3 Å². The summed E-state index contributed by atoms with van der Waals surface area (Å²) < 4.78 is 0. The molecule has 0 atom stereocenters. The van der Waals surface area contributed by atoms with Crippen LogP contribution in [0.4, 0.5) is 4.79 Å². The Morgan fingerprint density at radius 3 is 2.47 bits per heavy atom. The predicted molar refractivity (Wildman–Crippen MR) is 70.8 cm³/mol. The molecular formula is C13H19N3O3. The second kappa shape index (κ2) is 8.91. The Kier molecular flexibility index (Phi) is 7.01. The third-order valence-corrected chi connectivity index (χ3v) is 2.55. The third-order valence-electron chi connectivity index (χ3n) is 2.55. The number of urea groups is 1. The normalized spacial score (nSPS) is 9.89. The quantitative estimate of drug-likeness (QED) is 0.615. The maximum atomic E-state index is 11.4. The lowest BCUT2D eigenvalue weighted by Crippen LogP contribution is -2.37. The molecule has 1 aromatic heterocycles. The molecule has 0 radical (unpaired) electrons. The first-order chi connectivity index (χ1) is 9.18. The highest BCUT2D eigenvalue weighted by Gasteiger charge is 2.00. The largest absolute Gasteiger partial charge is 0.481 e. The maximum absolute atomic E-state index is 11.4. The molecular weight excluding hydrogens is 246 g/mol. The number of nitrogens with zero attached hydrogens (tertiary/aromatic N) is 1. The van der Waals surface area contributed by atoms with Gasteiger partial charge in [0.1, 0.15) is 0 Å². The zero-order chi connectivity index (χ0) is 13.9. The van der Waals surface area contributed by atoms with Crippen LogP contribution in [0.1, 0.15) is 24.8 Å². The highest BCUT2D eigenvalue weighted by Crippen LogP contribution is 1.96. The van der Waals surface area contributed by atoms with Crippen molar-refractivity contribution in [3.63, 3.8) is 0 Å². The minimum Gasteiger partial charge on any atom is -0.481 e. The fraction of sp³-hybridized carbons (Fsp3) is 0.462. The highest BCUT2D eigenvalue weighted by molar-refractivity contribution is 5.73. The number of nitrogens with one attached hydrogen (secondary N) is 2. The van der Waals surface area contributed by atoms with Crippen molar-refractivity contribution in [2.24, 2.45) is 0 Å². The Labute approximate surface area is 112 Å². The van der Waals surface area contributed by atoms with E-state index in [1.807, 2.05) is 12.1 Å². The molecule has 0 aliphatic carbocycles. The molecule has 6 heteroatoms. The molecule has 0 aromatic carbocycles. The van der Waals surface area contributed by atoms with Gasteiger partial charge in [0.25, 0.3) is 0 Å². The number of carboxylic acid groups (broad SMARTS) is 1. The van der Waals surface area contributed by atoms with Crippen LogP contribution in [0.15, 0.2) is 24.5 Å². The standard InChI is InChI=1S/C13H19N3O3/c17-12(18)3-1-2-7-15-13(19)16-10-6-11-4-8-14-9-5-11/h4-5,8-9H,1-3,6-7,10H2,(H,17,18)(H2,15,16,19). The maximum Gasteiger partial charge on any atom is 0.314 e. The number of amides is 2. The lowest BCUT2D eigenvalue weighted by atomic mass is 10.2. The van der Waals surface area contributed by atoms with Crippen LogP contribution >= 0.6 is 0 Å². The Balaban J connectivity index is 2.01. The predicted octanol–water partition coefficient (Wildman–Crippen LogP) is 1.18. The van der Waals surface area contributed by atoms with Gasteiger partial charge in [-0.2, -0.15) is 0 Å². The molecule has 0 fully saturated rings. The smallest absolute Gasteiger partial charge is 0.314 e. The van der Waals surface area contributed by atoms with Crippen LogP contribution in [0, 0.1) is 0 Å². The van der Waals surface area contributed by atoms with Gasteiger partial charge in [0.15, 0.2) is 0 Å². The van der Waals surface area contributed by atoms with Crippen LogP contribution in [0.3, 0.4) is 0 Å². The molecule has 0 spiro atoms. The first-order valence-electron chi connectivity index (χ1n) is 6.31. The molecule has 6 nitrogen and oxygen atoms in total. The molecule has 19 heavy (non-hydrogen) atoms. The molecule has 2 amide bonds. The van der Waals surface area contributed by atoms with Gasteiger partial charge in [-0.25, -0.2) is 4.79 Å². The van der Waals surface area contributed by atoms with Crippen molar-refractivity contribution in [1.82, 2.24) is 15.6 Å². The third kappa shape index (κ3) is 7.75. The van der Waals surface area contributed by atoms with Crippen molar-refractivity contribution < 1.29 is 14.7 Å². The second-order valence-electron chi connectivity index (χ2n) is 4.14. The number of pyridine rings is 1. The molecule has 1 aromatic rings. The fourth-order valence-electron chi connectivity index (χ4n) is 1.54. The number of carboxylic acids is 1. The summed E-state index contributed by atoms with van der Waals surface area (Å²) in [4.78, 5) is 25.6. The van der Waals surface area contributed by atoms with Gasteiger partial charge < -0.3 is 15.7 Å². The Bertz CT molecular complexity index is 395. The van der Waals surface area contributed by atoms with Gasteiger partial charge in [-0.05, 0) is 37.0 Å². The van der Waals surface area contributed by atoms with E-state index in [9.17, 15) is 9.59 Å². The van der Waals surface area contributed by atoms with Gasteiger partial charge in [-0.3, -0.25) is 9.78 Å². The lowest BCUT2D eigenvalue weighted by molar-refractivity contribution is -0.137. The van der Waals surface area contributed by atoms with E-state index in [0.29, 0.717) is 25.9 Å². The van der Waals surface area contributed by atoms with Crippen LogP contribution < -0.4 is 10.6 Å². The van der Waals surface area contributed by atoms with E-state index < -0.39 is 5.97 Å². The van der Waals surface area contributed by atoms with Crippen molar-refractivity contribution in [2.45, 2.75) is 25.7 Å². The Hall–Kier alpha value is -2.11. The van der Waals surface area contributed by atoms with Crippen molar-refractivity contribution in [2.75, 3.05) is 13.1 Å². The van der Waals surface area contributed by atoms with Gasteiger partial charge in [0, 0.05) is 31.9 Å². The Morgan fingerprint density at radius 1 is 1.11 bits per heavy atom. The first kappa shape index (κ1) is 14.9. The minimum atomic E-state index is -0.804. The van der Waals surface area contributed by atoms with E-state index in [1.54, 1.807) is 12.4 Å². The molecule has 1 heterocycles. The summed E-state index contributed by atoms with van der Waals surface area (Å²) in [5.74, 6) is -0.804. The first-order valence-corrected chi connectivity index (χ1v) is 6.31. The Morgan fingerprint density at radius 2 is 1.79 bits per heavy atom. The van der Waals surface area contributed by atoms with Crippen molar-refractivity contribution >= 4 is 12.0 Å². The molecule has 0 saturated heterocycles. The molecule has 3 N–H and O–H groups in total. The molecule has 0 unspecified atom stereocenters. The van der Waals surface area contributed by atoms with E-state index in [2.05, 4.69) is 15.6 Å². The molecule has 1 rings (SSSR count). The number of unbranched alkanes of at least 4 members (excludes halogenated alkanes) is 1. The summed E-state index contributed by atoms with van der Waals surface area (Å²) >= 11 is 0. The zero-order valence-corrected chi connectivity index (χ0v) is 10.8. The number of aliphatic carboxylic acids is 1. The van der Waals surface area contributed by atoms with E-state index in [0.717, 1.165) is 12.0 Å². The van der Waals surface area contributed by atoms with Gasteiger partial charge in [-0.15, -0.1) is 0 Å². The van der Waals surface area contributed by atoms with Crippen LogP contribution in [-0.2, 0) is 11.2 Å². The summed E-state index contributed by atoms with van der Waals surface area (Å²) in [6.07, 6.45) is 5.59. The number of carbonyl (C=O) groups excluding carboxylic acids is 1. The number of hydrogen-bond donors (Lipinski definition) is 3. The molecule has 104 valence electrons. The summed E-state index contributed by atoms with van der Waals surface area (Å²) in [6, 6.07) is 3.60. The lowest BCUT2D eigenvalue weighted by Gasteiger charge is -2.07. The van der Waals surface area contributed by atoms with Gasteiger partial charge in [0.05, 0.1) is 0 Å². The molecule has 0 aliphatic heterocycles. The van der Waals surface area contributed by atoms with Crippen LogP contribution in [0.25, 0.3) is 0 Å². The number of hydrogen-bond acceptors (Lipinski definition) is 3. The van der Waals surface area contributed by atoms with Crippen molar-refractivity contribution in [3.8, 4) is 0 Å². The monoisotopic (exact) mass is 265 g/mol. The summed E-state index contributed by atoms with van der Waals surface area (Å²) in [6.45, 7) is 1.05. The van der Waals surface area contributed by atoms with Crippen molar-refractivity contribution in [3.05, 3.63) is 30.1 Å². The molecule has 0 bridgehead atoms. The van der Waals surface area contributed by atoms with E-state index in [4.69, 9.17) is 5.11 Å². The van der Waals surface area contributed by atoms with Crippen molar-refractivity contribution in [1.29, 1.82) is 0 Å². The van der Waals surface area contributed by atoms with Gasteiger partial charge >= 0.3 is 12.0 Å². The average Bonchev–Trinajstić information content (AvgIpc) is 2.39. The molecule has 0 saturated carbocycles. The van der Waals surface area contributed by atoms with Crippen LogP contribution in [0.5, 0.6) is 0 Å². The van der Waals surface area contributed by atoms with E-state index in [1.165, 1.54) is 0 Å². The number of rotatable bonds is 8. The SMILES string of the molecule is O=C(O)CCCCNC(=O)NCCc1ccncc1. The van der Waals surface area contributed by atoms with Gasteiger partial charge in [0.2, 0.25) is 0 Å². The summed E-state index contributed by atoms with van der Waals surface area (Å²) in [7, 11) is 0. The number of aromatic nitrogens is 1. The molecule has 0 aliphatic rings. The zero-order valence-electron chi connectivity index (χ0n) is 10.8. The summed E-state index contributed by atoms with van der Waals surface area (Å²) in [5, 5.41) is 13.9. The summed E-state index contributed by atoms with van der Waals surface area (Å²) in [5.41, 5.74) is 1.12. The second-order valence-corrected chi connectivity index (χ2v) is 4.14. The number of carbonyl (C=O) groups is 2. The fourth-order valence-corrected chi connectivity index (χ4v) is 1.54. The van der Waals surface area contributed by atoms with Gasteiger partial charge in [-0.1, -0.05) is 0 Å². The highest BCUT2D eigenvalue weighted by atomic mass is 16.4. The van der Waals surface area contributed by atoms with E-state index in [-0.39, 0.29) is 12.5 Å². The van der Waals surface area contributed by atoms with Crippen LogP contribution in [0.2, 0.25) is 0 Å². The van der Waals surface area contributed by atoms with Crippen LogP contribution in [-0.4, -0.2) is 35.2 Å². The average molecular weight is 265 g/mol. The minimum absolute atomic E-state index is 0.144. The van der Waals surface area contributed by atoms with E-state index >= 15 is 0 Å².